The van der Waals surface area contributed by atoms with E-state index in [0.717, 1.165) is 17.6 Å². The van der Waals surface area contributed by atoms with E-state index in [1.165, 1.54) is 24.1 Å². The maximum absolute atomic E-state index is 9.22. The SMILES string of the molecule is CC(C)CNCc1ccc(N(CCO)C2CC2)c(Br)c1. The lowest BCUT2D eigenvalue weighted by Gasteiger charge is -2.25. The zero-order valence-corrected chi connectivity index (χ0v) is 14.0. The molecule has 0 radical (unpaired) electrons. The highest BCUT2D eigenvalue weighted by molar-refractivity contribution is 9.10. The van der Waals surface area contributed by atoms with Crippen LogP contribution in [0.4, 0.5) is 5.69 Å². The van der Waals surface area contributed by atoms with Gasteiger partial charge in [-0.2, -0.15) is 0 Å². The van der Waals surface area contributed by atoms with E-state index in [1.807, 2.05) is 0 Å². The predicted octanol–water partition coefficient (Wildman–Crippen LogP) is 3.16. The number of anilines is 1. The second-order valence-corrected chi connectivity index (χ2v) is 6.81. The van der Waals surface area contributed by atoms with Gasteiger partial charge in [0.25, 0.3) is 0 Å². The Hall–Kier alpha value is -0.580. The number of hydrogen-bond donors (Lipinski definition) is 2. The van der Waals surface area contributed by atoms with E-state index in [0.29, 0.717) is 18.5 Å². The average molecular weight is 341 g/mol. The number of aliphatic hydroxyl groups excluding tert-OH is 1. The van der Waals surface area contributed by atoms with Gasteiger partial charge >= 0.3 is 0 Å². The van der Waals surface area contributed by atoms with Gasteiger partial charge in [-0.1, -0.05) is 19.9 Å². The summed E-state index contributed by atoms with van der Waals surface area (Å²) in [6.45, 7) is 7.30. The van der Waals surface area contributed by atoms with Crippen LogP contribution in [0.2, 0.25) is 0 Å². The number of hydrogen-bond acceptors (Lipinski definition) is 3. The number of nitrogens with one attached hydrogen (secondary N) is 1. The minimum Gasteiger partial charge on any atom is -0.395 e. The van der Waals surface area contributed by atoms with Crippen LogP contribution in [-0.4, -0.2) is 30.8 Å². The highest BCUT2D eigenvalue weighted by Crippen LogP contribution is 2.36. The predicted molar refractivity (Wildman–Crippen MR) is 88.1 cm³/mol. The van der Waals surface area contributed by atoms with E-state index < -0.39 is 0 Å². The first-order valence-corrected chi connectivity index (χ1v) is 8.27. The van der Waals surface area contributed by atoms with Crippen molar-refractivity contribution in [2.24, 2.45) is 5.92 Å². The average Bonchev–Trinajstić information content (AvgIpc) is 3.21. The first-order valence-electron chi connectivity index (χ1n) is 7.48. The Balaban J connectivity index is 2.00. The molecule has 1 aliphatic carbocycles. The minimum atomic E-state index is 0.209. The molecule has 2 N–H and O–H groups in total. The second kappa shape index (κ2) is 7.43. The largest absolute Gasteiger partial charge is 0.395 e. The molecule has 1 aromatic carbocycles. The fourth-order valence-electron chi connectivity index (χ4n) is 2.39. The molecule has 4 heteroatoms. The Morgan fingerprint density at radius 2 is 2.15 bits per heavy atom. The molecule has 0 aromatic heterocycles. The van der Waals surface area contributed by atoms with Gasteiger partial charge in [0.05, 0.1) is 12.3 Å². The van der Waals surface area contributed by atoms with Crippen LogP contribution in [0.1, 0.15) is 32.3 Å². The van der Waals surface area contributed by atoms with Gasteiger partial charge in [0.15, 0.2) is 0 Å². The van der Waals surface area contributed by atoms with Crippen molar-refractivity contribution in [1.29, 1.82) is 0 Å². The highest BCUT2D eigenvalue weighted by atomic mass is 79.9. The summed E-state index contributed by atoms with van der Waals surface area (Å²) in [7, 11) is 0. The molecular weight excluding hydrogens is 316 g/mol. The van der Waals surface area contributed by atoms with Gasteiger partial charge in [-0.15, -0.1) is 0 Å². The van der Waals surface area contributed by atoms with Crippen molar-refractivity contribution in [3.8, 4) is 0 Å². The van der Waals surface area contributed by atoms with Crippen LogP contribution in [-0.2, 0) is 6.54 Å². The van der Waals surface area contributed by atoms with Crippen LogP contribution in [0.3, 0.4) is 0 Å². The van der Waals surface area contributed by atoms with Crippen molar-refractivity contribution in [1.82, 2.24) is 5.32 Å². The van der Waals surface area contributed by atoms with Gasteiger partial charge in [0.2, 0.25) is 0 Å². The molecule has 3 nitrogen and oxygen atoms in total. The smallest absolute Gasteiger partial charge is 0.0606 e. The summed E-state index contributed by atoms with van der Waals surface area (Å²) in [5.74, 6) is 0.674. The lowest BCUT2D eigenvalue weighted by molar-refractivity contribution is 0.301. The number of nitrogens with zero attached hydrogens (tertiary/aromatic N) is 1. The van der Waals surface area contributed by atoms with Crippen LogP contribution in [0.25, 0.3) is 0 Å². The molecule has 0 heterocycles. The molecule has 0 saturated heterocycles. The molecule has 20 heavy (non-hydrogen) atoms. The zero-order chi connectivity index (χ0) is 14.5. The summed E-state index contributed by atoms with van der Waals surface area (Å²) in [6.07, 6.45) is 2.48. The lowest BCUT2D eigenvalue weighted by Crippen LogP contribution is -2.29. The Bertz CT molecular complexity index is 432. The topological polar surface area (TPSA) is 35.5 Å². The summed E-state index contributed by atoms with van der Waals surface area (Å²) in [6, 6.07) is 7.16. The van der Waals surface area contributed by atoms with E-state index in [9.17, 15) is 5.11 Å². The van der Waals surface area contributed by atoms with Crippen molar-refractivity contribution in [3.05, 3.63) is 28.2 Å². The Morgan fingerprint density at radius 3 is 2.70 bits per heavy atom. The molecule has 1 saturated carbocycles. The fourth-order valence-corrected chi connectivity index (χ4v) is 3.05. The number of aliphatic hydroxyl groups is 1. The highest BCUT2D eigenvalue weighted by Gasteiger charge is 2.29. The molecule has 0 atom stereocenters. The normalized spacial score (nSPS) is 14.8. The lowest BCUT2D eigenvalue weighted by atomic mass is 10.1. The Labute approximate surface area is 130 Å². The number of rotatable bonds is 8. The molecule has 0 amide bonds. The van der Waals surface area contributed by atoms with Gasteiger partial charge in [-0.3, -0.25) is 0 Å². The van der Waals surface area contributed by atoms with E-state index in [1.54, 1.807) is 0 Å². The number of benzene rings is 1. The molecule has 1 aromatic rings. The third-order valence-corrected chi connectivity index (χ3v) is 4.17. The van der Waals surface area contributed by atoms with Gasteiger partial charge in [0.1, 0.15) is 0 Å². The molecule has 1 fully saturated rings. The molecule has 1 aliphatic rings. The van der Waals surface area contributed by atoms with E-state index >= 15 is 0 Å². The number of halogens is 1. The maximum atomic E-state index is 9.22. The molecule has 0 bridgehead atoms. The maximum Gasteiger partial charge on any atom is 0.0606 e. The third kappa shape index (κ3) is 4.47. The second-order valence-electron chi connectivity index (χ2n) is 5.96. The first-order chi connectivity index (χ1) is 9.61. The van der Waals surface area contributed by atoms with E-state index in [4.69, 9.17) is 0 Å². The van der Waals surface area contributed by atoms with Gasteiger partial charge in [-0.05, 0) is 58.9 Å². The Kier molecular flexibility index (Phi) is 5.87. The zero-order valence-electron chi connectivity index (χ0n) is 12.4. The van der Waals surface area contributed by atoms with E-state index in [2.05, 4.69) is 58.2 Å². The van der Waals surface area contributed by atoms with Crippen molar-refractivity contribution >= 4 is 21.6 Å². The summed E-state index contributed by atoms with van der Waals surface area (Å²) in [4.78, 5) is 2.31. The first kappa shape index (κ1) is 15.8. The monoisotopic (exact) mass is 340 g/mol. The van der Waals surface area contributed by atoms with Crippen molar-refractivity contribution < 1.29 is 5.11 Å². The molecule has 0 unspecified atom stereocenters. The molecular formula is C16H25BrN2O. The quantitative estimate of drug-likeness (QED) is 0.762. The van der Waals surface area contributed by atoms with Crippen LogP contribution < -0.4 is 10.2 Å². The molecule has 2 rings (SSSR count). The fraction of sp³-hybridized carbons (Fsp3) is 0.625. The van der Waals surface area contributed by atoms with Crippen molar-refractivity contribution in [2.45, 2.75) is 39.3 Å². The molecule has 0 aliphatic heterocycles. The summed E-state index contributed by atoms with van der Waals surface area (Å²) in [5.41, 5.74) is 2.50. The van der Waals surface area contributed by atoms with Crippen LogP contribution >= 0.6 is 15.9 Å². The van der Waals surface area contributed by atoms with Crippen LogP contribution in [0.15, 0.2) is 22.7 Å². The molecule has 112 valence electrons. The van der Waals surface area contributed by atoms with Crippen molar-refractivity contribution in [3.63, 3.8) is 0 Å². The standard InChI is InChI=1S/C16H25BrN2O/c1-12(2)10-18-11-13-3-6-16(15(17)9-13)19(7-8-20)14-4-5-14/h3,6,9,12,14,18,20H,4-5,7-8,10-11H2,1-2H3. The van der Waals surface area contributed by atoms with Crippen LogP contribution in [0, 0.1) is 5.92 Å². The summed E-state index contributed by atoms with van der Waals surface area (Å²) in [5, 5.41) is 12.7. The minimum absolute atomic E-state index is 0.209. The van der Waals surface area contributed by atoms with Gasteiger partial charge in [0, 0.05) is 23.6 Å². The molecule has 0 spiro atoms. The third-order valence-electron chi connectivity index (χ3n) is 3.53. The van der Waals surface area contributed by atoms with Gasteiger partial charge < -0.3 is 15.3 Å². The Morgan fingerprint density at radius 1 is 1.40 bits per heavy atom. The van der Waals surface area contributed by atoms with E-state index in [-0.39, 0.29) is 6.61 Å². The summed E-state index contributed by atoms with van der Waals surface area (Å²) >= 11 is 3.68. The van der Waals surface area contributed by atoms with Gasteiger partial charge in [-0.25, -0.2) is 0 Å². The van der Waals surface area contributed by atoms with Crippen molar-refractivity contribution in [2.75, 3.05) is 24.6 Å². The van der Waals surface area contributed by atoms with Crippen LogP contribution in [0.5, 0.6) is 0 Å². The summed E-state index contributed by atoms with van der Waals surface area (Å²) < 4.78 is 1.13.